The van der Waals surface area contributed by atoms with E-state index < -0.39 is 5.91 Å². The van der Waals surface area contributed by atoms with Crippen LogP contribution in [0.5, 0.6) is 0 Å². The lowest BCUT2D eigenvalue weighted by molar-refractivity contribution is -0.124. The van der Waals surface area contributed by atoms with Crippen molar-refractivity contribution < 1.29 is 18.9 Å². The summed E-state index contributed by atoms with van der Waals surface area (Å²) < 4.78 is 4.65. The van der Waals surface area contributed by atoms with Gasteiger partial charge in [-0.25, -0.2) is 0 Å². The van der Waals surface area contributed by atoms with Crippen molar-refractivity contribution in [3.63, 3.8) is 0 Å². The van der Waals surface area contributed by atoms with Gasteiger partial charge in [-0.05, 0) is 0 Å². The lowest BCUT2D eigenvalue weighted by Crippen LogP contribution is -2.37. The molecule has 3 amide bonds. The molecule has 0 bridgehead atoms. The van der Waals surface area contributed by atoms with Gasteiger partial charge >= 0.3 is 0 Å². The van der Waals surface area contributed by atoms with Gasteiger partial charge in [0.25, 0.3) is 11.1 Å². The van der Waals surface area contributed by atoms with Crippen molar-refractivity contribution in [2.24, 2.45) is 0 Å². The predicted octanol–water partition coefficient (Wildman–Crippen LogP) is 0.0998. The van der Waals surface area contributed by atoms with Crippen LogP contribution in [0.4, 0.5) is 4.79 Å². The van der Waals surface area contributed by atoms with Crippen LogP contribution in [0.2, 0.25) is 0 Å². The average Bonchev–Trinajstić information content (AvgIpc) is 2.93. The van der Waals surface area contributed by atoms with Crippen molar-refractivity contribution in [1.82, 2.24) is 15.4 Å². The first kappa shape index (κ1) is 11.6. The van der Waals surface area contributed by atoms with E-state index in [1.807, 2.05) is 0 Å². The Kier molecular flexibility index (Phi) is 3.43. The fourth-order valence-electron chi connectivity index (χ4n) is 1.30. The molecular weight excluding hydrogens is 246 g/mol. The number of hydrogen-bond acceptors (Lipinski definition) is 6. The van der Waals surface area contributed by atoms with Crippen LogP contribution < -0.4 is 5.32 Å². The Morgan fingerprint density at radius 1 is 1.59 bits per heavy atom. The van der Waals surface area contributed by atoms with E-state index in [0.29, 0.717) is 0 Å². The van der Waals surface area contributed by atoms with E-state index in [-0.39, 0.29) is 35.7 Å². The van der Waals surface area contributed by atoms with Crippen LogP contribution in [-0.4, -0.2) is 46.0 Å². The summed E-state index contributed by atoms with van der Waals surface area (Å²) >= 11 is 0.966. The molecule has 0 spiro atoms. The minimum absolute atomic E-state index is 0.0958. The zero-order chi connectivity index (χ0) is 12.3. The summed E-state index contributed by atoms with van der Waals surface area (Å²) in [7, 11) is 0. The normalized spacial score (nSPS) is 15.4. The molecule has 0 atom stereocenters. The monoisotopic (exact) mass is 255 g/mol. The van der Waals surface area contributed by atoms with Crippen LogP contribution in [-0.2, 0) is 4.79 Å². The maximum absolute atomic E-state index is 11.4. The van der Waals surface area contributed by atoms with E-state index in [2.05, 4.69) is 15.0 Å². The van der Waals surface area contributed by atoms with E-state index >= 15 is 0 Å². The molecule has 2 rings (SSSR count). The first-order valence-electron chi connectivity index (χ1n) is 4.84. The highest BCUT2D eigenvalue weighted by Gasteiger charge is 2.29. The standard InChI is InChI=1S/C9H9N3O4S/c13-7-5-17-9(15)12(7)4-3-10-8(14)6-1-2-11-16-6/h1-2H,3-5H2,(H,10,14). The Morgan fingerprint density at radius 2 is 2.41 bits per heavy atom. The van der Waals surface area contributed by atoms with E-state index in [9.17, 15) is 14.4 Å². The Bertz CT molecular complexity index is 429. The third-order valence-electron chi connectivity index (χ3n) is 2.12. The van der Waals surface area contributed by atoms with Crippen molar-refractivity contribution in [2.75, 3.05) is 18.8 Å². The van der Waals surface area contributed by atoms with Crippen LogP contribution in [0.25, 0.3) is 0 Å². The first-order chi connectivity index (χ1) is 8.18. The molecule has 1 N–H and O–H groups in total. The summed E-state index contributed by atoms with van der Waals surface area (Å²) in [5.41, 5.74) is 0. The lowest BCUT2D eigenvalue weighted by Gasteiger charge is -2.12. The molecule has 1 saturated heterocycles. The summed E-state index contributed by atoms with van der Waals surface area (Å²) in [5, 5.41) is 5.65. The molecular formula is C9H9N3O4S. The molecule has 0 unspecified atom stereocenters. The molecule has 90 valence electrons. The predicted molar refractivity (Wildman–Crippen MR) is 58.4 cm³/mol. The molecule has 0 aromatic carbocycles. The molecule has 1 aliphatic rings. The van der Waals surface area contributed by atoms with Gasteiger partial charge in [0.2, 0.25) is 11.7 Å². The molecule has 1 fully saturated rings. The second kappa shape index (κ2) is 5.00. The zero-order valence-corrected chi connectivity index (χ0v) is 9.53. The first-order valence-corrected chi connectivity index (χ1v) is 5.83. The summed E-state index contributed by atoms with van der Waals surface area (Å²) in [6.45, 7) is 0.363. The number of hydrogen-bond donors (Lipinski definition) is 1. The molecule has 1 aromatic heterocycles. The Hall–Kier alpha value is -1.83. The number of thioether (sulfide) groups is 1. The lowest BCUT2D eigenvalue weighted by atomic mass is 10.4. The fraction of sp³-hybridized carbons (Fsp3) is 0.333. The van der Waals surface area contributed by atoms with Crippen molar-refractivity contribution >= 4 is 28.8 Å². The van der Waals surface area contributed by atoms with E-state index in [0.717, 1.165) is 16.7 Å². The van der Waals surface area contributed by atoms with Gasteiger partial charge in [-0.15, -0.1) is 0 Å². The minimum atomic E-state index is -0.422. The number of aromatic nitrogens is 1. The van der Waals surface area contributed by atoms with Crippen LogP contribution in [0, 0.1) is 0 Å². The van der Waals surface area contributed by atoms with Gasteiger partial charge < -0.3 is 9.84 Å². The Balaban J connectivity index is 1.78. The average molecular weight is 255 g/mol. The third kappa shape index (κ3) is 2.64. The highest BCUT2D eigenvalue weighted by molar-refractivity contribution is 8.14. The van der Waals surface area contributed by atoms with Crippen molar-refractivity contribution in [3.05, 3.63) is 18.0 Å². The third-order valence-corrected chi connectivity index (χ3v) is 2.98. The van der Waals surface area contributed by atoms with Crippen LogP contribution in [0.1, 0.15) is 10.6 Å². The molecule has 7 nitrogen and oxygen atoms in total. The van der Waals surface area contributed by atoms with Crippen LogP contribution >= 0.6 is 11.8 Å². The number of amides is 3. The second-order valence-electron chi connectivity index (χ2n) is 3.23. The highest BCUT2D eigenvalue weighted by atomic mass is 32.2. The van der Waals surface area contributed by atoms with Crippen LogP contribution in [0.15, 0.2) is 16.8 Å². The number of nitrogens with zero attached hydrogens (tertiary/aromatic N) is 2. The van der Waals surface area contributed by atoms with Crippen LogP contribution in [0.3, 0.4) is 0 Å². The van der Waals surface area contributed by atoms with Gasteiger partial charge in [-0.1, -0.05) is 16.9 Å². The van der Waals surface area contributed by atoms with Gasteiger partial charge in [-0.3, -0.25) is 19.3 Å². The molecule has 1 aliphatic heterocycles. The quantitative estimate of drug-likeness (QED) is 0.820. The summed E-state index contributed by atoms with van der Waals surface area (Å²) in [5.74, 6) is -0.379. The summed E-state index contributed by atoms with van der Waals surface area (Å²) in [6, 6.07) is 1.43. The van der Waals surface area contributed by atoms with Gasteiger partial charge in [0.05, 0.1) is 11.9 Å². The van der Waals surface area contributed by atoms with Gasteiger partial charge in [-0.2, -0.15) is 0 Å². The molecule has 8 heteroatoms. The van der Waals surface area contributed by atoms with Gasteiger partial charge in [0, 0.05) is 19.2 Å². The summed E-state index contributed by atoms with van der Waals surface area (Å²) in [6.07, 6.45) is 1.36. The molecule has 2 heterocycles. The molecule has 0 aliphatic carbocycles. The van der Waals surface area contributed by atoms with Crippen molar-refractivity contribution in [2.45, 2.75) is 0 Å². The largest absolute Gasteiger partial charge is 0.351 e. The number of imide groups is 1. The summed E-state index contributed by atoms with van der Waals surface area (Å²) in [4.78, 5) is 35.0. The van der Waals surface area contributed by atoms with E-state index in [1.54, 1.807) is 0 Å². The highest BCUT2D eigenvalue weighted by Crippen LogP contribution is 2.17. The second-order valence-corrected chi connectivity index (χ2v) is 4.16. The zero-order valence-electron chi connectivity index (χ0n) is 8.71. The SMILES string of the molecule is O=C(NCCN1C(=O)CSC1=O)c1ccno1. The van der Waals surface area contributed by atoms with E-state index in [4.69, 9.17) is 0 Å². The van der Waals surface area contributed by atoms with Gasteiger partial charge in [0.1, 0.15) is 0 Å². The number of carbonyl (C=O) groups is 3. The topological polar surface area (TPSA) is 92.5 Å². The smallest absolute Gasteiger partial charge is 0.289 e. The fourth-order valence-corrected chi connectivity index (χ4v) is 2.05. The number of rotatable bonds is 4. The van der Waals surface area contributed by atoms with Crippen molar-refractivity contribution in [1.29, 1.82) is 0 Å². The molecule has 0 radical (unpaired) electrons. The molecule has 17 heavy (non-hydrogen) atoms. The molecule has 1 aromatic rings. The number of carbonyl (C=O) groups excluding carboxylic acids is 3. The maximum atomic E-state index is 11.4. The molecule has 0 saturated carbocycles. The minimum Gasteiger partial charge on any atom is -0.351 e. The van der Waals surface area contributed by atoms with E-state index in [1.165, 1.54) is 12.3 Å². The van der Waals surface area contributed by atoms with Gasteiger partial charge in [0.15, 0.2) is 0 Å². The number of nitrogens with one attached hydrogen (secondary N) is 1. The van der Waals surface area contributed by atoms with Crippen molar-refractivity contribution in [3.8, 4) is 0 Å². The Morgan fingerprint density at radius 3 is 3.00 bits per heavy atom. The maximum Gasteiger partial charge on any atom is 0.289 e. The Labute approximate surface area is 100 Å².